The lowest BCUT2D eigenvalue weighted by Crippen LogP contribution is -2.09. The topological polar surface area (TPSA) is 72.6 Å². The fourth-order valence-electron chi connectivity index (χ4n) is 4.70. The van der Waals surface area contributed by atoms with Crippen LogP contribution in [-0.4, -0.2) is 22.7 Å². The minimum absolute atomic E-state index is 0.102. The van der Waals surface area contributed by atoms with Crippen molar-refractivity contribution < 1.29 is 19.1 Å². The molecule has 30 heavy (non-hydrogen) atoms. The van der Waals surface area contributed by atoms with Gasteiger partial charge in [-0.3, -0.25) is 9.78 Å². The Bertz CT molecular complexity index is 1470. The molecule has 0 amide bonds. The van der Waals surface area contributed by atoms with Crippen molar-refractivity contribution >= 4 is 38.6 Å². The number of pyridine rings is 1. The van der Waals surface area contributed by atoms with Crippen LogP contribution in [0, 0.1) is 0 Å². The minimum atomic E-state index is -0.881. The number of carbonyl (C=O) groups is 1. The third-order valence-electron chi connectivity index (χ3n) is 5.90. The monoisotopic (exact) mass is 395 g/mol. The summed E-state index contributed by atoms with van der Waals surface area (Å²) in [5.41, 5.74) is 5.30. The molecule has 0 fully saturated rings. The van der Waals surface area contributed by atoms with E-state index in [-0.39, 0.29) is 6.42 Å². The van der Waals surface area contributed by atoms with Crippen LogP contribution < -0.4 is 4.74 Å². The van der Waals surface area contributed by atoms with E-state index in [2.05, 4.69) is 0 Å². The molecule has 5 aromatic rings. The number of carboxylic acid groups (broad SMARTS) is 1. The first-order valence-electron chi connectivity index (χ1n) is 9.88. The molecule has 0 bridgehead atoms. The van der Waals surface area contributed by atoms with Gasteiger partial charge in [0.05, 0.1) is 24.8 Å². The van der Waals surface area contributed by atoms with Crippen molar-refractivity contribution in [3.63, 3.8) is 0 Å². The summed E-state index contributed by atoms with van der Waals surface area (Å²) in [7, 11) is 0. The Balaban J connectivity index is 1.81. The van der Waals surface area contributed by atoms with Gasteiger partial charge < -0.3 is 14.3 Å². The summed E-state index contributed by atoms with van der Waals surface area (Å²) in [6.45, 7) is 0.652. The number of nitrogens with zero attached hydrogens (tertiary/aromatic N) is 1. The zero-order valence-corrected chi connectivity index (χ0v) is 16.0. The largest absolute Gasteiger partial charge is 0.493 e. The van der Waals surface area contributed by atoms with Crippen LogP contribution in [0.2, 0.25) is 0 Å². The molecule has 0 saturated carbocycles. The van der Waals surface area contributed by atoms with Crippen molar-refractivity contribution in [2.45, 2.75) is 12.8 Å². The van der Waals surface area contributed by atoms with Crippen LogP contribution in [0.25, 0.3) is 43.8 Å². The summed E-state index contributed by atoms with van der Waals surface area (Å²) in [6.07, 6.45) is 4.18. The highest BCUT2D eigenvalue weighted by atomic mass is 16.5. The number of hydrogen-bond donors (Lipinski definition) is 1. The zero-order valence-electron chi connectivity index (χ0n) is 16.0. The maximum Gasteiger partial charge on any atom is 0.307 e. The van der Waals surface area contributed by atoms with E-state index in [1.807, 2.05) is 54.7 Å². The van der Waals surface area contributed by atoms with Crippen molar-refractivity contribution in [2.75, 3.05) is 6.61 Å². The van der Waals surface area contributed by atoms with Gasteiger partial charge in [0, 0.05) is 34.3 Å². The van der Waals surface area contributed by atoms with E-state index >= 15 is 0 Å². The molecule has 0 atom stereocenters. The predicted molar refractivity (Wildman–Crippen MR) is 115 cm³/mol. The van der Waals surface area contributed by atoms with Crippen LogP contribution in [0.4, 0.5) is 0 Å². The third-order valence-corrected chi connectivity index (χ3v) is 5.90. The second-order valence-electron chi connectivity index (χ2n) is 7.54. The molecule has 3 aromatic carbocycles. The normalized spacial score (nSPS) is 13.1. The predicted octanol–water partition coefficient (Wildman–Crippen LogP) is 5.36. The summed E-state index contributed by atoms with van der Waals surface area (Å²) in [6, 6.07) is 15.8. The van der Waals surface area contributed by atoms with Crippen LogP contribution >= 0.6 is 0 Å². The number of fused-ring (bicyclic) bond motifs is 3. The maximum absolute atomic E-state index is 11.8. The first kappa shape index (κ1) is 17.0. The number of rotatable bonds is 3. The Morgan fingerprint density at radius 3 is 2.77 bits per heavy atom. The fraction of sp³-hybridized carbons (Fsp3) is 0.120. The molecule has 5 heteroatoms. The number of hydrogen-bond acceptors (Lipinski definition) is 4. The van der Waals surface area contributed by atoms with Crippen molar-refractivity contribution in [1.29, 1.82) is 0 Å². The van der Waals surface area contributed by atoms with Crippen LogP contribution in [0.15, 0.2) is 65.4 Å². The van der Waals surface area contributed by atoms with Crippen LogP contribution in [0.5, 0.6) is 5.75 Å². The molecule has 2 aromatic heterocycles. The number of ether oxygens (including phenoxy) is 1. The molecule has 3 heterocycles. The minimum Gasteiger partial charge on any atom is -0.493 e. The summed E-state index contributed by atoms with van der Waals surface area (Å²) in [5, 5.41) is 13.4. The van der Waals surface area contributed by atoms with Gasteiger partial charge in [0.15, 0.2) is 0 Å². The highest BCUT2D eigenvalue weighted by Gasteiger charge is 2.23. The molecule has 5 nitrogen and oxygen atoms in total. The quantitative estimate of drug-likeness (QED) is 0.445. The Morgan fingerprint density at radius 2 is 1.90 bits per heavy atom. The number of aliphatic carboxylic acids is 1. The highest BCUT2D eigenvalue weighted by molar-refractivity contribution is 6.17. The molecule has 0 aliphatic carbocycles. The average Bonchev–Trinajstić information content (AvgIpc) is 3.25. The number of aromatic nitrogens is 1. The maximum atomic E-state index is 11.8. The molecule has 0 unspecified atom stereocenters. The zero-order chi connectivity index (χ0) is 20.2. The smallest absolute Gasteiger partial charge is 0.307 e. The van der Waals surface area contributed by atoms with E-state index in [1.54, 1.807) is 6.26 Å². The summed E-state index contributed by atoms with van der Waals surface area (Å²) in [4.78, 5) is 16.5. The molecule has 6 rings (SSSR count). The molecule has 0 saturated heterocycles. The number of furan rings is 1. The van der Waals surface area contributed by atoms with E-state index < -0.39 is 5.97 Å². The first-order chi connectivity index (χ1) is 14.7. The summed E-state index contributed by atoms with van der Waals surface area (Å²) < 4.78 is 11.6. The van der Waals surface area contributed by atoms with Crippen LogP contribution in [0.1, 0.15) is 11.1 Å². The second-order valence-corrected chi connectivity index (χ2v) is 7.54. The number of carboxylic acids is 1. The lowest BCUT2D eigenvalue weighted by atomic mass is 9.87. The Hall–Kier alpha value is -3.86. The van der Waals surface area contributed by atoms with E-state index in [0.29, 0.717) is 12.2 Å². The van der Waals surface area contributed by atoms with Gasteiger partial charge in [-0.25, -0.2) is 0 Å². The van der Waals surface area contributed by atoms with E-state index in [0.717, 1.165) is 55.9 Å². The molecule has 0 spiro atoms. The van der Waals surface area contributed by atoms with Gasteiger partial charge in [0.25, 0.3) is 0 Å². The molecule has 1 N–H and O–H groups in total. The van der Waals surface area contributed by atoms with Crippen molar-refractivity contribution in [2.24, 2.45) is 0 Å². The van der Waals surface area contributed by atoms with Crippen molar-refractivity contribution in [1.82, 2.24) is 4.98 Å². The molecule has 1 aliphatic heterocycles. The molecular formula is C25H17NO4. The lowest BCUT2D eigenvalue weighted by molar-refractivity contribution is -0.136. The molecular weight excluding hydrogens is 378 g/mol. The van der Waals surface area contributed by atoms with E-state index in [1.165, 1.54) is 5.56 Å². The van der Waals surface area contributed by atoms with E-state index in [4.69, 9.17) is 14.1 Å². The van der Waals surface area contributed by atoms with Crippen LogP contribution in [-0.2, 0) is 17.6 Å². The first-order valence-corrected chi connectivity index (χ1v) is 9.88. The highest BCUT2D eigenvalue weighted by Crippen LogP contribution is 2.44. The number of benzene rings is 3. The Morgan fingerprint density at radius 1 is 1.03 bits per heavy atom. The SMILES string of the molecule is O=C(O)Cc1c(-c2ccc3c4c(ccnc24)CCO3)c2ccccc2c2occc12. The Labute approximate surface area is 171 Å². The lowest BCUT2D eigenvalue weighted by Gasteiger charge is -2.21. The van der Waals surface area contributed by atoms with Crippen molar-refractivity contribution in [3.05, 3.63) is 72.1 Å². The van der Waals surface area contributed by atoms with Gasteiger partial charge in [-0.15, -0.1) is 0 Å². The molecule has 1 aliphatic rings. The summed E-state index contributed by atoms with van der Waals surface area (Å²) in [5.74, 6) is -0.0513. The average molecular weight is 395 g/mol. The fourth-order valence-corrected chi connectivity index (χ4v) is 4.70. The second kappa shape index (κ2) is 6.32. The van der Waals surface area contributed by atoms with Gasteiger partial charge in [-0.05, 0) is 46.3 Å². The van der Waals surface area contributed by atoms with Gasteiger partial charge in [0.2, 0.25) is 0 Å². The molecule has 146 valence electrons. The van der Waals surface area contributed by atoms with Gasteiger partial charge in [-0.1, -0.05) is 24.3 Å². The van der Waals surface area contributed by atoms with Crippen molar-refractivity contribution in [3.8, 4) is 16.9 Å². The Kier molecular flexibility index (Phi) is 3.59. The van der Waals surface area contributed by atoms with Gasteiger partial charge >= 0.3 is 5.97 Å². The van der Waals surface area contributed by atoms with Crippen LogP contribution in [0.3, 0.4) is 0 Å². The molecule has 0 radical (unpaired) electrons. The third kappa shape index (κ3) is 2.35. The standard InChI is InChI=1S/C25H17NO4/c27-21(28)13-19-17-9-12-30-25(17)16-4-2-1-3-15(16)23(19)18-5-6-20-22-14(8-11-29-20)7-10-26-24(18)22/h1-7,9-10,12H,8,11,13H2,(H,27,28). The van der Waals surface area contributed by atoms with Gasteiger partial charge in [0.1, 0.15) is 11.3 Å². The van der Waals surface area contributed by atoms with Gasteiger partial charge in [-0.2, -0.15) is 0 Å². The summed E-state index contributed by atoms with van der Waals surface area (Å²) >= 11 is 0. The van der Waals surface area contributed by atoms with E-state index in [9.17, 15) is 9.90 Å².